The molecule has 6 nitrogen and oxygen atoms in total. The van der Waals surface area contributed by atoms with Gasteiger partial charge in [-0.25, -0.2) is 0 Å². The Kier molecular flexibility index (Phi) is 4.73. The third kappa shape index (κ3) is 3.93. The van der Waals surface area contributed by atoms with Crippen LogP contribution in [0.3, 0.4) is 0 Å². The Bertz CT molecular complexity index is 605. The van der Waals surface area contributed by atoms with Crippen LogP contribution in [0.15, 0.2) is 47.1 Å². The van der Waals surface area contributed by atoms with Crippen molar-refractivity contribution in [1.82, 2.24) is 5.32 Å². The number of carbonyl (C=O) groups is 2. The van der Waals surface area contributed by atoms with Gasteiger partial charge in [-0.1, -0.05) is 12.1 Å². The van der Waals surface area contributed by atoms with E-state index >= 15 is 0 Å². The van der Waals surface area contributed by atoms with Crippen LogP contribution in [0.1, 0.15) is 23.0 Å². The summed E-state index contributed by atoms with van der Waals surface area (Å²) in [6, 6.07) is 9.20. The second kappa shape index (κ2) is 6.71. The molecule has 0 aliphatic carbocycles. The molecule has 0 radical (unpaired) electrons. The largest absolute Gasteiger partial charge is 0.459 e. The number of aliphatic hydroxyl groups excluding tert-OH is 1. The van der Waals surface area contributed by atoms with Gasteiger partial charge >= 0.3 is 0 Å². The molecule has 0 aliphatic rings. The van der Waals surface area contributed by atoms with Crippen molar-refractivity contribution >= 4 is 17.5 Å². The number of amides is 2. The second-order valence-electron chi connectivity index (χ2n) is 4.52. The first-order chi connectivity index (χ1) is 10.1. The van der Waals surface area contributed by atoms with Gasteiger partial charge in [0.15, 0.2) is 5.76 Å². The van der Waals surface area contributed by atoms with Crippen LogP contribution >= 0.6 is 0 Å². The third-order valence-electron chi connectivity index (χ3n) is 2.89. The van der Waals surface area contributed by atoms with Gasteiger partial charge in [-0.15, -0.1) is 0 Å². The van der Waals surface area contributed by atoms with Gasteiger partial charge in [-0.3, -0.25) is 9.59 Å². The van der Waals surface area contributed by atoms with E-state index in [1.54, 1.807) is 37.3 Å². The second-order valence-corrected chi connectivity index (χ2v) is 4.52. The number of rotatable bonds is 5. The summed E-state index contributed by atoms with van der Waals surface area (Å²) in [7, 11) is 0. The molecule has 1 heterocycles. The Balaban J connectivity index is 1.91. The minimum atomic E-state index is -0.708. The van der Waals surface area contributed by atoms with E-state index in [0.29, 0.717) is 5.69 Å². The predicted octanol–water partition coefficient (Wildman–Crippen LogP) is 1.53. The first-order valence-corrected chi connectivity index (χ1v) is 6.45. The molecule has 2 rings (SSSR count). The van der Waals surface area contributed by atoms with Crippen LogP contribution in [0.2, 0.25) is 0 Å². The van der Waals surface area contributed by atoms with Crippen molar-refractivity contribution < 1.29 is 19.1 Å². The summed E-state index contributed by atoms with van der Waals surface area (Å²) in [5.41, 5.74) is 1.35. The number of anilines is 1. The number of hydrogen-bond donors (Lipinski definition) is 3. The van der Waals surface area contributed by atoms with Gasteiger partial charge in [0.1, 0.15) is 6.04 Å². The zero-order chi connectivity index (χ0) is 15.2. The van der Waals surface area contributed by atoms with Crippen molar-refractivity contribution in [2.75, 3.05) is 5.32 Å². The first kappa shape index (κ1) is 14.8. The van der Waals surface area contributed by atoms with Crippen molar-refractivity contribution in [2.45, 2.75) is 19.6 Å². The van der Waals surface area contributed by atoms with E-state index < -0.39 is 11.9 Å². The molecule has 0 bridgehead atoms. The summed E-state index contributed by atoms with van der Waals surface area (Å²) < 4.78 is 4.95. The van der Waals surface area contributed by atoms with Crippen LogP contribution in [0.5, 0.6) is 0 Å². The molecule has 110 valence electrons. The van der Waals surface area contributed by atoms with Crippen LogP contribution in [-0.2, 0) is 11.4 Å². The Morgan fingerprint density at radius 2 is 1.95 bits per heavy atom. The number of carbonyl (C=O) groups excluding carboxylic acids is 2. The lowest BCUT2D eigenvalue weighted by molar-refractivity contribution is -0.117. The van der Waals surface area contributed by atoms with Crippen molar-refractivity contribution in [3.63, 3.8) is 0 Å². The molecule has 3 N–H and O–H groups in total. The fourth-order valence-electron chi connectivity index (χ4n) is 1.69. The third-order valence-corrected chi connectivity index (χ3v) is 2.89. The number of nitrogens with one attached hydrogen (secondary N) is 2. The van der Waals surface area contributed by atoms with Gasteiger partial charge in [0, 0.05) is 5.69 Å². The van der Waals surface area contributed by atoms with Gasteiger partial charge in [0.2, 0.25) is 5.91 Å². The SMILES string of the molecule is CC(NC(=O)c1ccco1)C(=O)Nc1ccc(CO)cc1. The van der Waals surface area contributed by atoms with Crippen LogP contribution in [-0.4, -0.2) is 23.0 Å². The summed E-state index contributed by atoms with van der Waals surface area (Å²) in [5, 5.41) is 14.2. The highest BCUT2D eigenvalue weighted by Gasteiger charge is 2.18. The molecule has 0 spiro atoms. The maximum atomic E-state index is 12.0. The Labute approximate surface area is 121 Å². The highest BCUT2D eigenvalue weighted by molar-refractivity contribution is 5.99. The van der Waals surface area contributed by atoms with Gasteiger partial charge in [-0.2, -0.15) is 0 Å². The quantitative estimate of drug-likeness (QED) is 0.778. The standard InChI is InChI=1S/C15H16N2O4/c1-10(16-15(20)13-3-2-8-21-13)14(19)17-12-6-4-11(9-18)5-7-12/h2-8,10,18H,9H2,1H3,(H,16,20)(H,17,19). The van der Waals surface area contributed by atoms with Crippen LogP contribution in [0, 0.1) is 0 Å². The zero-order valence-corrected chi connectivity index (χ0v) is 11.5. The van der Waals surface area contributed by atoms with E-state index in [2.05, 4.69) is 10.6 Å². The number of hydrogen-bond acceptors (Lipinski definition) is 4. The highest BCUT2D eigenvalue weighted by Crippen LogP contribution is 2.10. The minimum Gasteiger partial charge on any atom is -0.459 e. The summed E-state index contributed by atoms with van der Waals surface area (Å²) in [4.78, 5) is 23.7. The summed E-state index contributed by atoms with van der Waals surface area (Å²) >= 11 is 0. The van der Waals surface area contributed by atoms with Crippen molar-refractivity contribution in [3.8, 4) is 0 Å². The maximum absolute atomic E-state index is 12.0. The Morgan fingerprint density at radius 3 is 2.52 bits per heavy atom. The molecule has 21 heavy (non-hydrogen) atoms. The summed E-state index contributed by atoms with van der Waals surface area (Å²) in [6.07, 6.45) is 1.39. The van der Waals surface area contributed by atoms with E-state index in [4.69, 9.17) is 9.52 Å². The van der Waals surface area contributed by atoms with Gasteiger partial charge in [0.25, 0.3) is 5.91 Å². The monoisotopic (exact) mass is 288 g/mol. The molecule has 1 aromatic carbocycles. The molecule has 6 heteroatoms. The molecule has 0 aliphatic heterocycles. The van der Waals surface area contributed by atoms with Gasteiger partial charge in [0.05, 0.1) is 12.9 Å². The van der Waals surface area contributed by atoms with E-state index in [1.165, 1.54) is 12.3 Å². The lowest BCUT2D eigenvalue weighted by atomic mass is 10.2. The molecular weight excluding hydrogens is 272 g/mol. The molecule has 1 unspecified atom stereocenters. The van der Waals surface area contributed by atoms with Crippen LogP contribution < -0.4 is 10.6 Å². The predicted molar refractivity (Wildman–Crippen MR) is 76.6 cm³/mol. The summed E-state index contributed by atoms with van der Waals surface area (Å²) in [6.45, 7) is 1.53. The average molecular weight is 288 g/mol. The molecule has 2 aromatic rings. The topological polar surface area (TPSA) is 91.6 Å². The average Bonchev–Trinajstić information content (AvgIpc) is 3.02. The fourth-order valence-corrected chi connectivity index (χ4v) is 1.69. The number of benzene rings is 1. The first-order valence-electron chi connectivity index (χ1n) is 6.45. The molecule has 0 saturated carbocycles. The minimum absolute atomic E-state index is 0.0518. The van der Waals surface area contributed by atoms with E-state index in [0.717, 1.165) is 5.56 Å². The van der Waals surface area contributed by atoms with E-state index in [-0.39, 0.29) is 18.3 Å². The normalized spacial score (nSPS) is 11.7. The lowest BCUT2D eigenvalue weighted by Gasteiger charge is -2.13. The van der Waals surface area contributed by atoms with Crippen molar-refractivity contribution in [2.24, 2.45) is 0 Å². The zero-order valence-electron chi connectivity index (χ0n) is 11.5. The molecule has 1 atom stereocenters. The van der Waals surface area contributed by atoms with Gasteiger partial charge in [-0.05, 0) is 36.8 Å². The smallest absolute Gasteiger partial charge is 0.287 e. The molecule has 0 fully saturated rings. The molecule has 2 amide bonds. The van der Waals surface area contributed by atoms with Crippen molar-refractivity contribution in [1.29, 1.82) is 0 Å². The highest BCUT2D eigenvalue weighted by atomic mass is 16.3. The maximum Gasteiger partial charge on any atom is 0.287 e. The van der Waals surface area contributed by atoms with Gasteiger partial charge < -0.3 is 20.2 Å². The number of furan rings is 1. The van der Waals surface area contributed by atoms with E-state index in [9.17, 15) is 9.59 Å². The fraction of sp³-hybridized carbons (Fsp3) is 0.200. The summed E-state index contributed by atoms with van der Waals surface area (Å²) in [5.74, 6) is -0.633. The van der Waals surface area contributed by atoms with Crippen LogP contribution in [0.4, 0.5) is 5.69 Å². The molecular formula is C15H16N2O4. The molecule has 1 aromatic heterocycles. The van der Waals surface area contributed by atoms with E-state index in [1.807, 2.05) is 0 Å². The number of aliphatic hydroxyl groups is 1. The lowest BCUT2D eigenvalue weighted by Crippen LogP contribution is -2.41. The Hall–Kier alpha value is -2.60. The van der Waals surface area contributed by atoms with Crippen molar-refractivity contribution in [3.05, 3.63) is 54.0 Å². The Morgan fingerprint density at radius 1 is 1.24 bits per heavy atom. The van der Waals surface area contributed by atoms with Crippen LogP contribution in [0.25, 0.3) is 0 Å². The molecule has 0 saturated heterocycles.